The van der Waals surface area contributed by atoms with E-state index in [1.807, 2.05) is 35.2 Å². The monoisotopic (exact) mass is 447 g/mol. The Morgan fingerprint density at radius 3 is 2.57 bits per heavy atom. The average molecular weight is 448 g/mol. The lowest BCUT2D eigenvalue weighted by atomic mass is 9.99. The SMILES string of the molecule is COC(=O)C(C)(O)CN1CCN(c2ccc(C#N)cc2Cl)[C@H](c2ccc(Cl)cc2)C1. The summed E-state index contributed by atoms with van der Waals surface area (Å²) in [5.41, 5.74) is 0.755. The Bertz CT molecular complexity index is 957. The summed E-state index contributed by atoms with van der Waals surface area (Å²) in [7, 11) is 1.26. The average Bonchev–Trinajstić information content (AvgIpc) is 2.73. The smallest absolute Gasteiger partial charge is 0.338 e. The zero-order valence-electron chi connectivity index (χ0n) is 16.8. The molecule has 0 amide bonds. The van der Waals surface area contributed by atoms with Gasteiger partial charge < -0.3 is 14.7 Å². The Labute approximate surface area is 186 Å². The number of aliphatic hydroxyl groups is 1. The van der Waals surface area contributed by atoms with Crippen molar-refractivity contribution < 1.29 is 14.6 Å². The molecule has 0 aromatic heterocycles. The molecule has 1 unspecified atom stereocenters. The summed E-state index contributed by atoms with van der Waals surface area (Å²) in [5.74, 6) is -0.664. The lowest BCUT2D eigenvalue weighted by molar-refractivity contribution is -0.162. The first-order chi connectivity index (χ1) is 14.2. The minimum absolute atomic E-state index is 0.0881. The van der Waals surface area contributed by atoms with E-state index in [0.717, 1.165) is 11.3 Å². The maximum Gasteiger partial charge on any atom is 0.338 e. The van der Waals surface area contributed by atoms with Crippen LogP contribution in [0.15, 0.2) is 42.5 Å². The van der Waals surface area contributed by atoms with E-state index >= 15 is 0 Å². The van der Waals surface area contributed by atoms with Crippen LogP contribution in [0.2, 0.25) is 10.0 Å². The van der Waals surface area contributed by atoms with Crippen LogP contribution in [0.1, 0.15) is 24.1 Å². The van der Waals surface area contributed by atoms with Crippen LogP contribution in [-0.4, -0.2) is 54.9 Å². The molecule has 2 aromatic carbocycles. The van der Waals surface area contributed by atoms with Crippen molar-refractivity contribution in [1.29, 1.82) is 5.26 Å². The van der Waals surface area contributed by atoms with Crippen molar-refractivity contribution in [1.82, 2.24) is 4.90 Å². The van der Waals surface area contributed by atoms with E-state index in [-0.39, 0.29) is 12.6 Å². The Morgan fingerprint density at radius 1 is 1.27 bits per heavy atom. The zero-order valence-corrected chi connectivity index (χ0v) is 18.3. The highest BCUT2D eigenvalue weighted by Crippen LogP contribution is 2.36. The number of nitrogens with zero attached hydrogens (tertiary/aromatic N) is 3. The van der Waals surface area contributed by atoms with Crippen LogP contribution in [0.25, 0.3) is 0 Å². The number of hydrogen-bond donors (Lipinski definition) is 1. The molecular weight excluding hydrogens is 425 g/mol. The number of anilines is 1. The van der Waals surface area contributed by atoms with Gasteiger partial charge in [-0.1, -0.05) is 35.3 Å². The summed E-state index contributed by atoms with van der Waals surface area (Å²) >= 11 is 12.6. The van der Waals surface area contributed by atoms with Gasteiger partial charge in [0.1, 0.15) is 0 Å². The van der Waals surface area contributed by atoms with Crippen LogP contribution in [0.3, 0.4) is 0 Å². The number of halogens is 2. The van der Waals surface area contributed by atoms with Gasteiger partial charge in [0.15, 0.2) is 5.60 Å². The number of nitriles is 1. The second kappa shape index (κ2) is 9.23. The quantitative estimate of drug-likeness (QED) is 0.704. The number of methoxy groups -OCH3 is 1. The second-order valence-corrected chi connectivity index (χ2v) is 8.38. The summed E-state index contributed by atoms with van der Waals surface area (Å²) in [5, 5.41) is 20.8. The molecule has 1 saturated heterocycles. The van der Waals surface area contributed by atoms with E-state index in [0.29, 0.717) is 35.2 Å². The van der Waals surface area contributed by atoms with Gasteiger partial charge in [-0.2, -0.15) is 5.26 Å². The summed E-state index contributed by atoms with van der Waals surface area (Å²) < 4.78 is 4.72. The Kier molecular flexibility index (Phi) is 6.89. The van der Waals surface area contributed by atoms with Gasteiger partial charge in [-0.3, -0.25) is 4.90 Å². The van der Waals surface area contributed by atoms with E-state index in [9.17, 15) is 9.90 Å². The van der Waals surface area contributed by atoms with E-state index in [4.69, 9.17) is 33.2 Å². The van der Waals surface area contributed by atoms with Crippen LogP contribution in [0.4, 0.5) is 5.69 Å². The minimum atomic E-state index is -1.60. The third-order valence-corrected chi connectivity index (χ3v) is 5.82. The van der Waals surface area contributed by atoms with Crippen molar-refractivity contribution >= 4 is 34.9 Å². The van der Waals surface area contributed by atoms with E-state index in [1.54, 1.807) is 12.1 Å². The van der Waals surface area contributed by atoms with Crippen molar-refractivity contribution in [3.63, 3.8) is 0 Å². The largest absolute Gasteiger partial charge is 0.467 e. The predicted octanol–water partition coefficient (Wildman–Crippen LogP) is 3.65. The molecule has 1 heterocycles. The number of esters is 1. The van der Waals surface area contributed by atoms with Gasteiger partial charge in [-0.15, -0.1) is 0 Å². The van der Waals surface area contributed by atoms with Crippen LogP contribution in [0, 0.1) is 11.3 Å². The molecule has 1 fully saturated rings. The number of hydrogen-bond acceptors (Lipinski definition) is 6. The molecule has 3 rings (SSSR count). The number of ether oxygens (including phenoxy) is 1. The molecule has 0 bridgehead atoms. The van der Waals surface area contributed by atoms with E-state index in [1.165, 1.54) is 14.0 Å². The first-order valence-electron chi connectivity index (χ1n) is 9.50. The van der Waals surface area contributed by atoms with Crippen LogP contribution >= 0.6 is 23.2 Å². The van der Waals surface area contributed by atoms with Gasteiger partial charge in [0.2, 0.25) is 0 Å². The molecule has 0 aliphatic carbocycles. The highest BCUT2D eigenvalue weighted by atomic mass is 35.5. The molecule has 0 radical (unpaired) electrons. The molecule has 158 valence electrons. The molecule has 1 aliphatic rings. The molecule has 2 aromatic rings. The first-order valence-corrected chi connectivity index (χ1v) is 10.3. The summed E-state index contributed by atoms with van der Waals surface area (Å²) in [4.78, 5) is 16.1. The van der Waals surface area contributed by atoms with E-state index < -0.39 is 11.6 Å². The van der Waals surface area contributed by atoms with Gasteiger partial charge in [-0.25, -0.2) is 4.79 Å². The van der Waals surface area contributed by atoms with Crippen molar-refractivity contribution in [2.75, 3.05) is 38.2 Å². The molecular formula is C22H23Cl2N3O3. The molecule has 1 aliphatic heterocycles. The van der Waals surface area contributed by atoms with Crippen molar-refractivity contribution in [2.45, 2.75) is 18.6 Å². The summed E-state index contributed by atoms with van der Waals surface area (Å²) in [6.45, 7) is 3.41. The highest BCUT2D eigenvalue weighted by molar-refractivity contribution is 6.33. The molecule has 1 N–H and O–H groups in total. The minimum Gasteiger partial charge on any atom is -0.467 e. The van der Waals surface area contributed by atoms with Gasteiger partial charge >= 0.3 is 5.97 Å². The standard InChI is InChI=1S/C22H23Cl2N3O3/c1-22(29,21(28)30-2)14-26-9-10-27(19-8-3-15(12-25)11-18(19)24)20(13-26)16-4-6-17(23)7-5-16/h3-8,11,20,29H,9-10,13-14H2,1-2H3/t20-,22?/m0/s1. The number of benzene rings is 2. The van der Waals surface area contributed by atoms with Crippen molar-refractivity contribution in [3.8, 4) is 6.07 Å². The molecule has 6 nitrogen and oxygen atoms in total. The fourth-order valence-electron chi connectivity index (χ4n) is 3.77. The van der Waals surface area contributed by atoms with Crippen molar-refractivity contribution in [2.24, 2.45) is 0 Å². The molecule has 30 heavy (non-hydrogen) atoms. The van der Waals surface area contributed by atoms with E-state index in [2.05, 4.69) is 11.0 Å². The lowest BCUT2D eigenvalue weighted by Gasteiger charge is -2.44. The second-order valence-electron chi connectivity index (χ2n) is 7.54. The van der Waals surface area contributed by atoms with Crippen LogP contribution in [-0.2, 0) is 9.53 Å². The lowest BCUT2D eigenvalue weighted by Crippen LogP contribution is -2.55. The third kappa shape index (κ3) is 4.88. The van der Waals surface area contributed by atoms with Gasteiger partial charge in [0.25, 0.3) is 0 Å². The third-order valence-electron chi connectivity index (χ3n) is 5.26. The van der Waals surface area contributed by atoms with Crippen molar-refractivity contribution in [3.05, 3.63) is 63.6 Å². The fraction of sp³-hybridized carbons (Fsp3) is 0.364. The van der Waals surface area contributed by atoms with Crippen LogP contribution < -0.4 is 4.90 Å². The highest BCUT2D eigenvalue weighted by Gasteiger charge is 2.37. The maximum absolute atomic E-state index is 11.9. The molecule has 2 atom stereocenters. The Balaban J connectivity index is 1.91. The molecule has 0 spiro atoms. The molecule has 0 saturated carbocycles. The predicted molar refractivity (Wildman–Crippen MR) is 117 cm³/mol. The zero-order chi connectivity index (χ0) is 21.9. The fourth-order valence-corrected chi connectivity index (χ4v) is 4.19. The summed E-state index contributed by atoms with van der Waals surface area (Å²) in [6, 6.07) is 14.8. The number of carbonyl (C=O) groups is 1. The molecule has 8 heteroatoms. The topological polar surface area (TPSA) is 76.8 Å². The van der Waals surface area contributed by atoms with Gasteiger partial charge in [0, 0.05) is 31.2 Å². The number of rotatable bonds is 5. The Morgan fingerprint density at radius 2 is 1.97 bits per heavy atom. The van der Waals surface area contributed by atoms with Gasteiger partial charge in [-0.05, 0) is 42.8 Å². The normalized spacial score (nSPS) is 19.1. The number of carbonyl (C=O) groups excluding carboxylic acids is 1. The Hall–Kier alpha value is -2.30. The first kappa shape index (κ1) is 22.4. The van der Waals surface area contributed by atoms with Crippen LogP contribution in [0.5, 0.6) is 0 Å². The van der Waals surface area contributed by atoms with Gasteiger partial charge in [0.05, 0.1) is 35.5 Å². The maximum atomic E-state index is 11.9. The summed E-state index contributed by atoms with van der Waals surface area (Å²) in [6.07, 6.45) is 0. The number of β-amino-alcohol motifs (C(OH)–C–C–N with tert-alkyl or cyclic N) is 1. The number of piperazine rings is 1.